The van der Waals surface area contributed by atoms with E-state index in [-0.39, 0.29) is 18.4 Å². The Morgan fingerprint density at radius 3 is 3.05 bits per heavy atom. The van der Waals surface area contributed by atoms with Gasteiger partial charge in [-0.2, -0.15) is 5.10 Å². The summed E-state index contributed by atoms with van der Waals surface area (Å²) in [6, 6.07) is 7.19. The van der Waals surface area contributed by atoms with Crippen LogP contribution in [0, 0.1) is 5.92 Å². The molecule has 0 spiro atoms. The topological polar surface area (TPSA) is 80.0 Å². The average Bonchev–Trinajstić information content (AvgIpc) is 2.99. The Balaban J connectivity index is 2.02. The molecule has 1 atom stereocenters. The number of hydrogen-bond acceptors (Lipinski definition) is 4. The maximum atomic E-state index is 12.1. The van der Waals surface area contributed by atoms with Crippen LogP contribution in [-0.4, -0.2) is 38.9 Å². The van der Waals surface area contributed by atoms with Crippen LogP contribution in [0.3, 0.4) is 0 Å². The van der Waals surface area contributed by atoms with Crippen molar-refractivity contribution in [2.24, 2.45) is 5.92 Å². The monoisotopic (exact) mass is 274 g/mol. The minimum atomic E-state index is -0.128. The normalized spacial score (nSPS) is 12.1. The van der Waals surface area contributed by atoms with Gasteiger partial charge in [0.2, 0.25) is 0 Å². The lowest BCUT2D eigenvalue weighted by Crippen LogP contribution is -2.28. The van der Waals surface area contributed by atoms with Crippen molar-refractivity contribution < 1.29 is 9.90 Å². The Morgan fingerprint density at radius 2 is 2.35 bits per heavy atom. The molecule has 2 aromatic rings. The van der Waals surface area contributed by atoms with Crippen LogP contribution in [0.4, 0.5) is 0 Å². The number of rotatable bonds is 6. The Morgan fingerprint density at radius 1 is 1.50 bits per heavy atom. The number of carbonyl (C=O) groups excluding carboxylic acids is 1. The van der Waals surface area contributed by atoms with Gasteiger partial charge in [0.1, 0.15) is 12.7 Å². The Kier molecular flexibility index (Phi) is 4.84. The fourth-order valence-electron chi connectivity index (χ4n) is 1.82. The van der Waals surface area contributed by atoms with Gasteiger partial charge in [-0.15, -0.1) is 0 Å². The van der Waals surface area contributed by atoms with Crippen LogP contribution in [0.1, 0.15) is 23.7 Å². The third-order valence-corrected chi connectivity index (χ3v) is 3.02. The summed E-state index contributed by atoms with van der Waals surface area (Å²) >= 11 is 0. The molecule has 106 valence electrons. The number of amides is 1. The van der Waals surface area contributed by atoms with E-state index in [0.29, 0.717) is 18.5 Å². The highest BCUT2D eigenvalue weighted by Crippen LogP contribution is 2.09. The molecule has 0 radical (unpaired) electrons. The summed E-state index contributed by atoms with van der Waals surface area (Å²) in [5.74, 6) is 0.124. The highest BCUT2D eigenvalue weighted by atomic mass is 16.3. The van der Waals surface area contributed by atoms with Crippen molar-refractivity contribution in [1.82, 2.24) is 20.1 Å². The lowest BCUT2D eigenvalue weighted by atomic mass is 10.1. The highest BCUT2D eigenvalue weighted by molar-refractivity contribution is 5.94. The van der Waals surface area contributed by atoms with E-state index in [0.717, 1.165) is 5.69 Å². The predicted molar refractivity (Wildman–Crippen MR) is 74.6 cm³/mol. The number of hydrogen-bond donors (Lipinski definition) is 2. The van der Waals surface area contributed by atoms with Gasteiger partial charge in [0.25, 0.3) is 5.91 Å². The molecule has 1 heterocycles. The first kappa shape index (κ1) is 14.2. The molecule has 1 aromatic heterocycles. The van der Waals surface area contributed by atoms with E-state index < -0.39 is 0 Å². The lowest BCUT2D eigenvalue weighted by molar-refractivity contribution is 0.0945. The molecule has 6 nitrogen and oxygen atoms in total. The minimum absolute atomic E-state index is 0.128. The predicted octanol–water partition coefficient (Wildman–Crippen LogP) is 1.02. The zero-order valence-electron chi connectivity index (χ0n) is 11.4. The highest BCUT2D eigenvalue weighted by Gasteiger charge is 2.09. The summed E-state index contributed by atoms with van der Waals surface area (Å²) in [5, 5.41) is 15.7. The molecule has 0 bridgehead atoms. The maximum Gasteiger partial charge on any atom is 0.251 e. The van der Waals surface area contributed by atoms with Gasteiger partial charge in [-0.1, -0.05) is 13.0 Å². The summed E-state index contributed by atoms with van der Waals surface area (Å²) < 4.78 is 1.60. The number of benzene rings is 1. The molecule has 1 aromatic carbocycles. The fraction of sp³-hybridized carbons (Fsp3) is 0.357. The van der Waals surface area contributed by atoms with Gasteiger partial charge in [0.15, 0.2) is 0 Å². The molecule has 0 saturated heterocycles. The third-order valence-electron chi connectivity index (χ3n) is 3.02. The summed E-state index contributed by atoms with van der Waals surface area (Å²) in [4.78, 5) is 15.9. The van der Waals surface area contributed by atoms with Crippen LogP contribution in [0.15, 0.2) is 36.9 Å². The quantitative estimate of drug-likeness (QED) is 0.824. The van der Waals surface area contributed by atoms with E-state index in [9.17, 15) is 4.79 Å². The van der Waals surface area contributed by atoms with Crippen molar-refractivity contribution in [2.45, 2.75) is 13.3 Å². The zero-order chi connectivity index (χ0) is 14.4. The van der Waals surface area contributed by atoms with E-state index in [1.807, 2.05) is 19.1 Å². The van der Waals surface area contributed by atoms with Gasteiger partial charge in [0, 0.05) is 18.7 Å². The Labute approximate surface area is 117 Å². The van der Waals surface area contributed by atoms with Gasteiger partial charge < -0.3 is 10.4 Å². The Hall–Kier alpha value is -2.21. The number of nitrogens with zero attached hydrogens (tertiary/aromatic N) is 3. The SMILES string of the molecule is CC(CCO)CNC(=O)c1cccc(-n2cncn2)c1. The largest absolute Gasteiger partial charge is 0.396 e. The first-order valence-electron chi connectivity index (χ1n) is 6.55. The van der Waals surface area contributed by atoms with Crippen molar-refractivity contribution in [3.05, 3.63) is 42.5 Å². The van der Waals surface area contributed by atoms with E-state index >= 15 is 0 Å². The number of aliphatic hydroxyl groups is 1. The van der Waals surface area contributed by atoms with Crippen LogP contribution in [0.25, 0.3) is 5.69 Å². The lowest BCUT2D eigenvalue weighted by Gasteiger charge is -2.11. The van der Waals surface area contributed by atoms with Gasteiger partial charge in [-0.05, 0) is 30.5 Å². The van der Waals surface area contributed by atoms with Crippen molar-refractivity contribution >= 4 is 5.91 Å². The zero-order valence-corrected chi connectivity index (χ0v) is 11.4. The fourth-order valence-corrected chi connectivity index (χ4v) is 1.82. The molecule has 2 N–H and O–H groups in total. The van der Waals surface area contributed by atoms with Crippen molar-refractivity contribution in [1.29, 1.82) is 0 Å². The second-order valence-electron chi connectivity index (χ2n) is 4.72. The van der Waals surface area contributed by atoms with Crippen molar-refractivity contribution in [3.63, 3.8) is 0 Å². The van der Waals surface area contributed by atoms with E-state index in [1.54, 1.807) is 23.1 Å². The van der Waals surface area contributed by atoms with Crippen molar-refractivity contribution in [3.8, 4) is 5.69 Å². The molecular weight excluding hydrogens is 256 g/mol. The van der Waals surface area contributed by atoms with E-state index in [1.165, 1.54) is 6.33 Å². The molecule has 1 amide bonds. The van der Waals surface area contributed by atoms with Crippen LogP contribution < -0.4 is 5.32 Å². The molecule has 0 aliphatic rings. The first-order valence-corrected chi connectivity index (χ1v) is 6.55. The van der Waals surface area contributed by atoms with Gasteiger partial charge in [0.05, 0.1) is 5.69 Å². The van der Waals surface area contributed by atoms with Crippen LogP contribution in [-0.2, 0) is 0 Å². The molecule has 0 aliphatic carbocycles. The van der Waals surface area contributed by atoms with E-state index in [2.05, 4.69) is 15.4 Å². The number of nitrogens with one attached hydrogen (secondary N) is 1. The first-order chi connectivity index (χ1) is 9.70. The molecule has 1 unspecified atom stereocenters. The van der Waals surface area contributed by atoms with Gasteiger partial charge >= 0.3 is 0 Å². The van der Waals surface area contributed by atoms with E-state index in [4.69, 9.17) is 5.11 Å². The summed E-state index contributed by atoms with van der Waals surface area (Å²) in [5.41, 5.74) is 1.37. The second-order valence-corrected chi connectivity index (χ2v) is 4.72. The summed E-state index contributed by atoms with van der Waals surface area (Å²) in [7, 11) is 0. The summed E-state index contributed by atoms with van der Waals surface area (Å²) in [6.07, 6.45) is 3.71. The molecule has 20 heavy (non-hydrogen) atoms. The second kappa shape index (κ2) is 6.81. The molecule has 0 saturated carbocycles. The average molecular weight is 274 g/mol. The van der Waals surface area contributed by atoms with Gasteiger partial charge in [-0.3, -0.25) is 4.79 Å². The third kappa shape index (κ3) is 3.64. The van der Waals surface area contributed by atoms with Crippen LogP contribution >= 0.6 is 0 Å². The maximum absolute atomic E-state index is 12.1. The van der Waals surface area contributed by atoms with Gasteiger partial charge in [-0.25, -0.2) is 9.67 Å². The molecule has 2 rings (SSSR count). The number of carbonyl (C=O) groups is 1. The molecule has 0 aliphatic heterocycles. The standard InChI is InChI=1S/C14H18N4O2/c1-11(5-6-19)8-16-14(20)12-3-2-4-13(7-12)18-10-15-9-17-18/h2-4,7,9-11,19H,5-6,8H2,1H3,(H,16,20). The minimum Gasteiger partial charge on any atom is -0.396 e. The van der Waals surface area contributed by atoms with Crippen LogP contribution in [0.5, 0.6) is 0 Å². The number of aromatic nitrogens is 3. The smallest absolute Gasteiger partial charge is 0.251 e. The number of aliphatic hydroxyl groups excluding tert-OH is 1. The molecule has 6 heteroatoms. The molecule has 0 fully saturated rings. The van der Waals surface area contributed by atoms with Crippen LogP contribution in [0.2, 0.25) is 0 Å². The Bertz CT molecular complexity index is 554. The summed E-state index contributed by atoms with van der Waals surface area (Å²) in [6.45, 7) is 2.67. The van der Waals surface area contributed by atoms with Crippen molar-refractivity contribution in [2.75, 3.05) is 13.2 Å². The molecular formula is C14H18N4O2.